The summed E-state index contributed by atoms with van der Waals surface area (Å²) in [6.45, 7) is 8.72. The van der Waals surface area contributed by atoms with Gasteiger partial charge in [-0.3, -0.25) is 0 Å². The Balaban J connectivity index is 2.83. The molecule has 0 spiro atoms. The molecular weight excluding hydrogens is 170 g/mol. The van der Waals surface area contributed by atoms with E-state index in [9.17, 15) is 0 Å². The molecule has 14 heavy (non-hydrogen) atoms. The molecule has 1 rings (SSSR count). The van der Waals surface area contributed by atoms with Crippen molar-refractivity contribution in [3.8, 4) is 0 Å². The van der Waals surface area contributed by atoms with Crippen molar-refractivity contribution in [1.82, 2.24) is 0 Å². The van der Waals surface area contributed by atoms with Crippen LogP contribution in [0.1, 0.15) is 50.8 Å². The summed E-state index contributed by atoms with van der Waals surface area (Å²) >= 11 is 0. The first-order chi connectivity index (χ1) is 6.52. The lowest BCUT2D eigenvalue weighted by molar-refractivity contribution is 0.514. The summed E-state index contributed by atoms with van der Waals surface area (Å²) < 4.78 is 0. The van der Waals surface area contributed by atoms with Crippen molar-refractivity contribution in [2.75, 3.05) is 0 Å². The smallest absolute Gasteiger partial charge is 0.0318 e. The van der Waals surface area contributed by atoms with Crippen LogP contribution in [0.15, 0.2) is 24.3 Å². The Kier molecular flexibility index (Phi) is 3.70. The van der Waals surface area contributed by atoms with Crippen LogP contribution in [0.4, 0.5) is 0 Å². The molecule has 0 heterocycles. The van der Waals surface area contributed by atoms with Gasteiger partial charge in [-0.1, -0.05) is 52.0 Å². The maximum absolute atomic E-state index is 6.06. The van der Waals surface area contributed by atoms with E-state index in [1.165, 1.54) is 11.1 Å². The maximum atomic E-state index is 6.06. The largest absolute Gasteiger partial charge is 0.324 e. The van der Waals surface area contributed by atoms with E-state index in [1.54, 1.807) is 0 Å². The second kappa shape index (κ2) is 4.61. The van der Waals surface area contributed by atoms with Crippen LogP contribution in [-0.2, 0) is 0 Å². The van der Waals surface area contributed by atoms with Crippen molar-refractivity contribution in [2.45, 2.75) is 39.7 Å². The third-order valence-electron chi connectivity index (χ3n) is 2.71. The summed E-state index contributed by atoms with van der Waals surface area (Å²) in [7, 11) is 0. The highest BCUT2D eigenvalue weighted by atomic mass is 14.6. The fraction of sp³-hybridized carbons (Fsp3) is 0.538. The molecule has 0 bridgehead atoms. The van der Waals surface area contributed by atoms with Gasteiger partial charge in [0.15, 0.2) is 0 Å². The van der Waals surface area contributed by atoms with Crippen LogP contribution in [0.3, 0.4) is 0 Å². The van der Waals surface area contributed by atoms with E-state index < -0.39 is 0 Å². The summed E-state index contributed by atoms with van der Waals surface area (Å²) in [5.74, 6) is 1.10. The van der Waals surface area contributed by atoms with Gasteiger partial charge in [-0.25, -0.2) is 0 Å². The van der Waals surface area contributed by atoms with E-state index in [0.717, 1.165) is 0 Å². The van der Waals surface area contributed by atoms with E-state index in [2.05, 4.69) is 52.0 Å². The normalized spacial score (nSPS) is 13.6. The zero-order valence-corrected chi connectivity index (χ0v) is 9.62. The van der Waals surface area contributed by atoms with Crippen molar-refractivity contribution in [3.63, 3.8) is 0 Å². The van der Waals surface area contributed by atoms with Crippen LogP contribution in [0.25, 0.3) is 0 Å². The Bertz CT molecular complexity index is 272. The van der Waals surface area contributed by atoms with Crippen LogP contribution in [0.2, 0.25) is 0 Å². The molecule has 0 aliphatic carbocycles. The molecule has 78 valence electrons. The predicted molar refractivity (Wildman–Crippen MR) is 62.3 cm³/mol. The molecular formula is C13H21N. The van der Waals surface area contributed by atoms with Gasteiger partial charge < -0.3 is 5.73 Å². The third-order valence-corrected chi connectivity index (χ3v) is 2.71. The molecule has 0 aromatic heterocycles. The number of rotatable bonds is 3. The molecule has 1 aromatic carbocycles. The van der Waals surface area contributed by atoms with E-state index in [0.29, 0.717) is 11.8 Å². The summed E-state index contributed by atoms with van der Waals surface area (Å²) in [4.78, 5) is 0. The van der Waals surface area contributed by atoms with Gasteiger partial charge in [0.05, 0.1) is 0 Å². The third kappa shape index (κ3) is 2.58. The molecule has 0 aliphatic rings. The average Bonchev–Trinajstić information content (AvgIpc) is 2.16. The highest BCUT2D eigenvalue weighted by Gasteiger charge is 2.10. The van der Waals surface area contributed by atoms with Gasteiger partial charge >= 0.3 is 0 Å². The minimum atomic E-state index is 0.163. The summed E-state index contributed by atoms with van der Waals surface area (Å²) in [5, 5.41) is 0. The molecule has 0 radical (unpaired) electrons. The van der Waals surface area contributed by atoms with Gasteiger partial charge in [0, 0.05) is 6.04 Å². The van der Waals surface area contributed by atoms with Crippen molar-refractivity contribution < 1.29 is 0 Å². The van der Waals surface area contributed by atoms with Crippen molar-refractivity contribution >= 4 is 0 Å². The fourth-order valence-corrected chi connectivity index (χ4v) is 1.49. The van der Waals surface area contributed by atoms with Gasteiger partial charge in [0.2, 0.25) is 0 Å². The summed E-state index contributed by atoms with van der Waals surface area (Å²) in [6.07, 6.45) is 0. The number of benzene rings is 1. The first kappa shape index (κ1) is 11.3. The second-order valence-electron chi connectivity index (χ2n) is 4.59. The molecule has 2 N–H and O–H groups in total. The molecule has 0 unspecified atom stereocenters. The lowest BCUT2D eigenvalue weighted by Crippen LogP contribution is -2.16. The van der Waals surface area contributed by atoms with Crippen LogP contribution in [0, 0.1) is 5.92 Å². The lowest BCUT2D eigenvalue weighted by atomic mass is 9.94. The van der Waals surface area contributed by atoms with E-state index in [4.69, 9.17) is 5.73 Å². The average molecular weight is 191 g/mol. The highest BCUT2D eigenvalue weighted by molar-refractivity contribution is 5.26. The van der Waals surface area contributed by atoms with Crippen LogP contribution >= 0.6 is 0 Å². The van der Waals surface area contributed by atoms with E-state index in [-0.39, 0.29) is 6.04 Å². The van der Waals surface area contributed by atoms with Gasteiger partial charge in [0.25, 0.3) is 0 Å². The Morgan fingerprint density at radius 3 is 1.64 bits per heavy atom. The van der Waals surface area contributed by atoms with Crippen LogP contribution in [0.5, 0.6) is 0 Å². The van der Waals surface area contributed by atoms with E-state index in [1.807, 2.05) is 0 Å². The number of hydrogen-bond acceptors (Lipinski definition) is 1. The monoisotopic (exact) mass is 191 g/mol. The fourth-order valence-electron chi connectivity index (χ4n) is 1.49. The van der Waals surface area contributed by atoms with Crippen LogP contribution < -0.4 is 5.73 Å². The highest BCUT2D eigenvalue weighted by Crippen LogP contribution is 2.21. The minimum Gasteiger partial charge on any atom is -0.324 e. The van der Waals surface area contributed by atoms with Crippen LogP contribution in [-0.4, -0.2) is 0 Å². The Hall–Kier alpha value is -0.820. The Labute approximate surface area is 87.3 Å². The molecule has 0 fully saturated rings. The zero-order valence-electron chi connectivity index (χ0n) is 9.62. The number of nitrogens with two attached hydrogens (primary N) is 1. The molecule has 0 amide bonds. The van der Waals surface area contributed by atoms with Crippen molar-refractivity contribution in [3.05, 3.63) is 35.4 Å². The SMILES string of the molecule is CC(C)c1ccc([C@H](N)C(C)C)cc1. The molecule has 0 saturated carbocycles. The van der Waals surface area contributed by atoms with Crippen molar-refractivity contribution in [2.24, 2.45) is 11.7 Å². The second-order valence-corrected chi connectivity index (χ2v) is 4.59. The topological polar surface area (TPSA) is 26.0 Å². The molecule has 1 aromatic rings. The molecule has 0 aliphatic heterocycles. The first-order valence-electron chi connectivity index (χ1n) is 5.37. The quantitative estimate of drug-likeness (QED) is 0.778. The van der Waals surface area contributed by atoms with E-state index >= 15 is 0 Å². The molecule has 1 atom stereocenters. The molecule has 0 saturated heterocycles. The molecule has 1 heteroatoms. The minimum absolute atomic E-state index is 0.163. The summed E-state index contributed by atoms with van der Waals surface area (Å²) in [5.41, 5.74) is 8.68. The zero-order chi connectivity index (χ0) is 10.7. The Morgan fingerprint density at radius 2 is 1.29 bits per heavy atom. The maximum Gasteiger partial charge on any atom is 0.0318 e. The summed E-state index contributed by atoms with van der Waals surface area (Å²) in [6, 6.07) is 8.83. The Morgan fingerprint density at radius 1 is 0.857 bits per heavy atom. The predicted octanol–water partition coefficient (Wildman–Crippen LogP) is 3.47. The molecule has 1 nitrogen and oxygen atoms in total. The standard InChI is InChI=1S/C13H21N/c1-9(2)11-5-7-12(8-6-11)13(14)10(3)4/h5-10,13H,14H2,1-4H3/t13-/m1/s1. The number of hydrogen-bond donors (Lipinski definition) is 1. The first-order valence-corrected chi connectivity index (χ1v) is 5.37. The van der Waals surface area contributed by atoms with Gasteiger partial charge in [-0.15, -0.1) is 0 Å². The lowest BCUT2D eigenvalue weighted by Gasteiger charge is -2.16. The van der Waals surface area contributed by atoms with Gasteiger partial charge in [-0.2, -0.15) is 0 Å². The van der Waals surface area contributed by atoms with Crippen molar-refractivity contribution in [1.29, 1.82) is 0 Å². The van der Waals surface area contributed by atoms with Gasteiger partial charge in [-0.05, 0) is 23.0 Å². The van der Waals surface area contributed by atoms with Gasteiger partial charge in [0.1, 0.15) is 0 Å².